The molecule has 0 aromatic heterocycles. The molecular weight excluding hydrogens is 162 g/mol. The highest BCUT2D eigenvalue weighted by Gasteiger charge is 2.01. The molecule has 0 atom stereocenters. The fourth-order valence-corrected chi connectivity index (χ4v) is 1.24. The average molecular weight is 171 g/mol. The number of carboxylic acids is 1. The molecule has 1 N–H and O–H groups in total. The van der Waals surface area contributed by atoms with E-state index in [1.165, 1.54) is 0 Å². The third-order valence-electron chi connectivity index (χ3n) is 1.25. The summed E-state index contributed by atoms with van der Waals surface area (Å²) in [5.74, 6) is -0.759. The highest BCUT2D eigenvalue weighted by atomic mass is 32.2. The van der Waals surface area contributed by atoms with Gasteiger partial charge in [-0.05, 0) is 10.8 Å². The maximum absolute atomic E-state index is 10.2. The van der Waals surface area contributed by atoms with E-state index < -0.39 is 5.97 Å². The molecule has 0 spiro atoms. The number of hydrogen-bond acceptors (Lipinski definition) is 3. The van der Waals surface area contributed by atoms with Crippen LogP contribution in [0.4, 0.5) is 0 Å². The summed E-state index contributed by atoms with van der Waals surface area (Å²) < 4.78 is 0. The van der Waals surface area contributed by atoms with E-state index in [2.05, 4.69) is 0 Å². The molecule has 1 heterocycles. The Hall–Kier alpha value is -0.900. The van der Waals surface area contributed by atoms with Crippen LogP contribution in [0, 0.1) is 0 Å². The first-order valence-electron chi connectivity index (χ1n) is 3.25. The summed E-state index contributed by atoms with van der Waals surface area (Å²) in [5, 5.41) is 12.2. The van der Waals surface area contributed by atoms with E-state index in [0.29, 0.717) is 6.54 Å². The van der Waals surface area contributed by atoms with Crippen molar-refractivity contribution in [2.45, 2.75) is 6.42 Å². The maximum atomic E-state index is 10.2. The molecule has 0 radical (unpaired) electrons. The fraction of sp³-hybridized carbons (Fsp3) is 0.286. The van der Waals surface area contributed by atoms with Crippen LogP contribution >= 0.6 is 11.8 Å². The molecule has 1 aliphatic heterocycles. The van der Waals surface area contributed by atoms with E-state index in [1.54, 1.807) is 11.8 Å². The van der Waals surface area contributed by atoms with Gasteiger partial charge in [0.25, 0.3) is 0 Å². The van der Waals surface area contributed by atoms with Crippen LogP contribution in [-0.2, 0) is 4.79 Å². The zero-order valence-corrected chi connectivity index (χ0v) is 6.75. The first kappa shape index (κ1) is 8.20. The molecule has 11 heavy (non-hydrogen) atoms. The Balaban J connectivity index is 2.25. The minimum atomic E-state index is -0.759. The lowest BCUT2D eigenvalue weighted by molar-refractivity contribution is -0.137. The summed E-state index contributed by atoms with van der Waals surface area (Å²) >= 11 is 1.58. The van der Waals surface area contributed by atoms with Crippen LogP contribution in [0.3, 0.4) is 0 Å². The van der Waals surface area contributed by atoms with Gasteiger partial charge < -0.3 is 10.0 Å². The van der Waals surface area contributed by atoms with Gasteiger partial charge in [-0.15, -0.1) is 11.8 Å². The molecule has 4 heteroatoms. The van der Waals surface area contributed by atoms with Gasteiger partial charge in [0, 0.05) is 18.9 Å². The van der Waals surface area contributed by atoms with Gasteiger partial charge in [0.15, 0.2) is 0 Å². The topological polar surface area (TPSA) is 40.5 Å². The summed E-state index contributed by atoms with van der Waals surface area (Å²) in [5.41, 5.74) is 0. The summed E-state index contributed by atoms with van der Waals surface area (Å²) in [6, 6.07) is 0. The Morgan fingerprint density at radius 1 is 1.45 bits per heavy atom. The smallest absolute Gasteiger partial charge is 0.305 e. The van der Waals surface area contributed by atoms with Crippen LogP contribution in [0.15, 0.2) is 23.2 Å². The number of carboxylic acid groups (broad SMARTS) is 1. The highest BCUT2D eigenvalue weighted by Crippen LogP contribution is 2.12. The average Bonchev–Trinajstić information content (AvgIpc) is 2.03. The molecule has 3 nitrogen and oxygen atoms in total. The van der Waals surface area contributed by atoms with Crippen LogP contribution in [0.25, 0.3) is 0 Å². The van der Waals surface area contributed by atoms with Crippen molar-refractivity contribution in [3.8, 4) is 0 Å². The molecular formula is C7H9NO2S. The Labute approximate surface area is 69.4 Å². The van der Waals surface area contributed by atoms with E-state index in [9.17, 15) is 4.79 Å². The minimum Gasteiger partial charge on any atom is -0.481 e. The maximum Gasteiger partial charge on any atom is 0.305 e. The van der Waals surface area contributed by atoms with Crippen LogP contribution in [0.2, 0.25) is 0 Å². The summed E-state index contributed by atoms with van der Waals surface area (Å²) in [6.45, 7) is 0.545. The molecule has 0 saturated carbocycles. The lowest BCUT2D eigenvalue weighted by Crippen LogP contribution is -2.15. The number of rotatable bonds is 3. The van der Waals surface area contributed by atoms with Crippen LogP contribution < -0.4 is 0 Å². The Kier molecular flexibility index (Phi) is 3.04. The third-order valence-corrected chi connectivity index (χ3v) is 1.80. The van der Waals surface area contributed by atoms with Crippen molar-refractivity contribution in [1.29, 1.82) is 0 Å². The van der Waals surface area contributed by atoms with Crippen LogP contribution in [0.1, 0.15) is 6.42 Å². The van der Waals surface area contributed by atoms with Gasteiger partial charge in [-0.1, -0.05) is 0 Å². The number of carbonyl (C=O) groups is 1. The molecule has 0 bridgehead atoms. The van der Waals surface area contributed by atoms with E-state index in [0.717, 1.165) is 0 Å². The van der Waals surface area contributed by atoms with Crippen molar-refractivity contribution in [1.82, 2.24) is 4.90 Å². The lowest BCUT2D eigenvalue weighted by Gasteiger charge is -2.15. The number of nitrogens with zero attached hydrogens (tertiary/aromatic N) is 1. The van der Waals surface area contributed by atoms with Gasteiger partial charge >= 0.3 is 5.97 Å². The number of hydrogen-bond donors (Lipinski definition) is 1. The van der Waals surface area contributed by atoms with Gasteiger partial charge in [-0.2, -0.15) is 0 Å². The monoisotopic (exact) mass is 171 g/mol. The van der Waals surface area contributed by atoms with Crippen molar-refractivity contribution in [2.75, 3.05) is 6.54 Å². The quantitative estimate of drug-likeness (QED) is 0.697. The SMILES string of the molecule is O=C(O)CCN1C=CSC=C1. The van der Waals surface area contributed by atoms with E-state index in [4.69, 9.17) is 5.11 Å². The lowest BCUT2D eigenvalue weighted by atomic mass is 10.4. The molecule has 0 fully saturated rings. The largest absolute Gasteiger partial charge is 0.481 e. The predicted octanol–water partition coefficient (Wildman–Crippen LogP) is 1.45. The number of aliphatic carboxylic acids is 1. The number of thioether (sulfide) groups is 1. The van der Waals surface area contributed by atoms with Gasteiger partial charge in [0.1, 0.15) is 0 Å². The summed E-state index contributed by atoms with van der Waals surface area (Å²) in [6.07, 6.45) is 3.92. The second kappa shape index (κ2) is 4.08. The fourth-order valence-electron chi connectivity index (χ4n) is 0.695. The van der Waals surface area contributed by atoms with Crippen molar-refractivity contribution < 1.29 is 9.90 Å². The van der Waals surface area contributed by atoms with E-state index >= 15 is 0 Å². The standard InChI is InChI=1S/C7H9NO2S/c9-7(10)1-2-8-3-5-11-6-4-8/h3-6H,1-2H2,(H,9,10). The Morgan fingerprint density at radius 2 is 2.09 bits per heavy atom. The van der Waals surface area contributed by atoms with Crippen LogP contribution in [0.5, 0.6) is 0 Å². The van der Waals surface area contributed by atoms with Gasteiger partial charge in [0.05, 0.1) is 6.42 Å². The van der Waals surface area contributed by atoms with Gasteiger partial charge in [-0.25, -0.2) is 0 Å². The summed E-state index contributed by atoms with van der Waals surface area (Å²) in [7, 11) is 0. The normalized spacial score (nSPS) is 15.5. The van der Waals surface area contributed by atoms with Gasteiger partial charge in [-0.3, -0.25) is 4.79 Å². The van der Waals surface area contributed by atoms with Crippen molar-refractivity contribution >= 4 is 17.7 Å². The van der Waals surface area contributed by atoms with Crippen molar-refractivity contribution in [3.05, 3.63) is 23.2 Å². The van der Waals surface area contributed by atoms with Crippen molar-refractivity contribution in [2.24, 2.45) is 0 Å². The molecule has 1 rings (SSSR count). The first-order chi connectivity index (χ1) is 5.29. The predicted molar refractivity (Wildman–Crippen MR) is 44.8 cm³/mol. The molecule has 60 valence electrons. The molecule has 1 aliphatic rings. The molecule has 0 aromatic carbocycles. The van der Waals surface area contributed by atoms with E-state index in [-0.39, 0.29) is 6.42 Å². The molecule has 0 aromatic rings. The van der Waals surface area contributed by atoms with Crippen molar-refractivity contribution in [3.63, 3.8) is 0 Å². The second-order valence-electron chi connectivity index (χ2n) is 2.09. The minimum absolute atomic E-state index is 0.180. The highest BCUT2D eigenvalue weighted by molar-refractivity contribution is 8.04. The molecule has 0 aliphatic carbocycles. The van der Waals surface area contributed by atoms with Gasteiger partial charge in [0.2, 0.25) is 0 Å². The first-order valence-corrected chi connectivity index (χ1v) is 4.19. The van der Waals surface area contributed by atoms with Crippen LogP contribution in [-0.4, -0.2) is 22.5 Å². The molecule has 0 unspecified atom stereocenters. The molecule has 0 saturated heterocycles. The zero-order valence-electron chi connectivity index (χ0n) is 5.93. The zero-order chi connectivity index (χ0) is 8.10. The Morgan fingerprint density at radius 3 is 2.64 bits per heavy atom. The Bertz CT molecular complexity index is 189. The van der Waals surface area contributed by atoms with E-state index in [1.807, 2.05) is 28.1 Å². The molecule has 0 amide bonds. The second-order valence-corrected chi connectivity index (χ2v) is 2.90. The summed E-state index contributed by atoms with van der Waals surface area (Å²) in [4.78, 5) is 12.0. The third kappa shape index (κ3) is 3.13.